The summed E-state index contributed by atoms with van der Waals surface area (Å²) in [6.45, 7) is 8.94. The van der Waals surface area contributed by atoms with Gasteiger partial charge in [-0.2, -0.15) is 0 Å². The van der Waals surface area contributed by atoms with Gasteiger partial charge in [0.25, 0.3) is 0 Å². The molecule has 0 rings (SSSR count). The summed E-state index contributed by atoms with van der Waals surface area (Å²) in [4.78, 5) is 10.2. The fraction of sp³-hybridized carbons (Fsp3) is 0.714. The summed E-state index contributed by atoms with van der Waals surface area (Å²) in [5.74, 6) is -0.0769. The molecule has 2 heteroatoms. The summed E-state index contributed by atoms with van der Waals surface area (Å²) in [7, 11) is 0. The number of esters is 1. The van der Waals surface area contributed by atoms with E-state index in [0.717, 1.165) is 0 Å². The first-order valence-electron chi connectivity index (χ1n) is 3.06. The highest BCUT2D eigenvalue weighted by Gasteiger charge is 2.08. The number of ether oxygens (including phenoxy) is 1. The average Bonchev–Trinajstić information content (AvgIpc) is 1.63. The lowest BCUT2D eigenvalue weighted by atomic mass is 10.1. The molecule has 1 radical (unpaired) electrons. The Morgan fingerprint density at radius 3 is 2.00 bits per heavy atom. The van der Waals surface area contributed by atoms with Crippen LogP contribution in [0.1, 0.15) is 20.8 Å². The van der Waals surface area contributed by atoms with Crippen molar-refractivity contribution in [2.45, 2.75) is 26.9 Å². The fourth-order valence-corrected chi connectivity index (χ4v) is 0.343. The van der Waals surface area contributed by atoms with Crippen LogP contribution >= 0.6 is 0 Å². The third-order valence-electron chi connectivity index (χ3n) is 1.26. The van der Waals surface area contributed by atoms with Crippen molar-refractivity contribution in [3.05, 3.63) is 6.92 Å². The summed E-state index contributed by atoms with van der Waals surface area (Å²) in [6, 6.07) is 0. The van der Waals surface area contributed by atoms with Gasteiger partial charge >= 0.3 is 5.97 Å². The predicted molar refractivity (Wildman–Crippen MR) is 35.7 cm³/mol. The average molecular weight is 129 g/mol. The van der Waals surface area contributed by atoms with Crippen LogP contribution in [0.25, 0.3) is 0 Å². The van der Waals surface area contributed by atoms with Crippen LogP contribution in [-0.2, 0) is 9.53 Å². The Morgan fingerprint density at radius 1 is 1.44 bits per heavy atom. The molecule has 0 aromatic heterocycles. The summed E-state index contributed by atoms with van der Waals surface area (Å²) in [5, 5.41) is 0. The van der Waals surface area contributed by atoms with Gasteiger partial charge in [0.15, 0.2) is 0 Å². The third-order valence-corrected chi connectivity index (χ3v) is 1.26. The molecule has 0 bridgehead atoms. The maximum Gasteiger partial charge on any atom is 0.306 e. The van der Waals surface area contributed by atoms with Crippen LogP contribution in [0.4, 0.5) is 0 Å². The third kappa shape index (κ3) is 4.01. The smallest absolute Gasteiger partial charge is 0.306 e. The van der Waals surface area contributed by atoms with Crippen molar-refractivity contribution in [3.8, 4) is 0 Å². The minimum absolute atomic E-state index is 0.0185. The van der Waals surface area contributed by atoms with Crippen LogP contribution in [0.2, 0.25) is 0 Å². The Kier molecular flexibility index (Phi) is 3.28. The highest BCUT2D eigenvalue weighted by molar-refractivity contribution is 5.73. The van der Waals surface area contributed by atoms with E-state index in [-0.39, 0.29) is 6.10 Å². The Hall–Kier alpha value is -0.530. The van der Waals surface area contributed by atoms with E-state index in [0.29, 0.717) is 5.92 Å². The van der Waals surface area contributed by atoms with Gasteiger partial charge in [-0.15, -0.1) is 0 Å². The molecule has 0 saturated heterocycles. The highest BCUT2D eigenvalue weighted by Crippen LogP contribution is 2.04. The van der Waals surface area contributed by atoms with Crippen molar-refractivity contribution in [2.75, 3.05) is 0 Å². The van der Waals surface area contributed by atoms with Gasteiger partial charge in [-0.3, -0.25) is 4.79 Å². The molecule has 53 valence electrons. The van der Waals surface area contributed by atoms with Crippen molar-refractivity contribution in [2.24, 2.45) is 5.92 Å². The number of rotatable bonds is 2. The molecule has 0 fully saturated rings. The van der Waals surface area contributed by atoms with E-state index >= 15 is 0 Å². The van der Waals surface area contributed by atoms with E-state index in [4.69, 9.17) is 4.74 Å². The van der Waals surface area contributed by atoms with Crippen LogP contribution < -0.4 is 0 Å². The second kappa shape index (κ2) is 3.49. The van der Waals surface area contributed by atoms with Crippen LogP contribution in [-0.4, -0.2) is 12.1 Å². The van der Waals surface area contributed by atoms with Gasteiger partial charge in [0.1, 0.15) is 6.10 Å². The van der Waals surface area contributed by atoms with E-state index in [1.807, 2.05) is 20.8 Å². The molecule has 0 aromatic rings. The minimum atomic E-state index is -0.448. The largest absolute Gasteiger partial charge is 0.462 e. The van der Waals surface area contributed by atoms with Crippen LogP contribution in [0.5, 0.6) is 0 Å². The topological polar surface area (TPSA) is 26.3 Å². The molecular weight excluding hydrogens is 116 g/mol. The normalized spacial score (nSPS) is 13.4. The molecule has 1 atom stereocenters. The van der Waals surface area contributed by atoms with Gasteiger partial charge < -0.3 is 4.74 Å². The first-order chi connectivity index (χ1) is 4.04. The molecule has 0 N–H and O–H groups in total. The van der Waals surface area contributed by atoms with Gasteiger partial charge in [0, 0.05) is 0 Å². The molecule has 0 heterocycles. The summed E-state index contributed by atoms with van der Waals surface area (Å²) in [6.07, 6.45) is -0.0185. The minimum Gasteiger partial charge on any atom is -0.462 e. The van der Waals surface area contributed by atoms with Crippen molar-refractivity contribution in [1.29, 1.82) is 0 Å². The number of hydrogen-bond acceptors (Lipinski definition) is 2. The predicted octanol–water partition coefficient (Wildman–Crippen LogP) is 1.41. The standard InChI is InChI=1S/C7H13O2/c1-5(2)6(3)9-7(4)8/h5-6H,4H2,1-3H3. The zero-order valence-corrected chi connectivity index (χ0v) is 6.18. The van der Waals surface area contributed by atoms with E-state index in [1.165, 1.54) is 0 Å². The number of carbonyl (C=O) groups excluding carboxylic acids is 1. The van der Waals surface area contributed by atoms with Crippen molar-refractivity contribution in [1.82, 2.24) is 0 Å². The van der Waals surface area contributed by atoms with E-state index < -0.39 is 5.97 Å². The van der Waals surface area contributed by atoms with Crippen LogP contribution in [0, 0.1) is 12.8 Å². The fourth-order valence-electron chi connectivity index (χ4n) is 0.343. The molecule has 0 aliphatic heterocycles. The number of hydrogen-bond donors (Lipinski definition) is 0. The lowest BCUT2D eigenvalue weighted by Crippen LogP contribution is -2.18. The molecule has 0 aliphatic carbocycles. The molecule has 0 amide bonds. The molecular formula is C7H13O2. The van der Waals surface area contributed by atoms with E-state index in [2.05, 4.69) is 6.92 Å². The van der Waals surface area contributed by atoms with Gasteiger partial charge in [-0.05, 0) is 12.8 Å². The van der Waals surface area contributed by atoms with Gasteiger partial charge in [0.05, 0.1) is 6.92 Å². The molecule has 0 aliphatic rings. The van der Waals surface area contributed by atoms with Gasteiger partial charge in [-0.25, -0.2) is 0 Å². The highest BCUT2D eigenvalue weighted by atomic mass is 16.5. The molecule has 0 aromatic carbocycles. The first-order valence-corrected chi connectivity index (χ1v) is 3.06. The zero-order valence-electron chi connectivity index (χ0n) is 6.18. The summed E-state index contributed by atoms with van der Waals surface area (Å²) < 4.78 is 4.76. The maximum absolute atomic E-state index is 10.2. The van der Waals surface area contributed by atoms with Gasteiger partial charge in [0.2, 0.25) is 0 Å². The quantitative estimate of drug-likeness (QED) is 0.527. The van der Waals surface area contributed by atoms with Crippen molar-refractivity contribution in [3.63, 3.8) is 0 Å². The monoisotopic (exact) mass is 129 g/mol. The second-order valence-corrected chi connectivity index (χ2v) is 2.44. The summed E-state index contributed by atoms with van der Waals surface area (Å²) in [5.41, 5.74) is 0. The molecule has 1 unspecified atom stereocenters. The first kappa shape index (κ1) is 8.47. The molecule has 0 spiro atoms. The molecule has 2 nitrogen and oxygen atoms in total. The van der Waals surface area contributed by atoms with E-state index in [9.17, 15) is 4.79 Å². The Balaban J connectivity index is 3.50. The van der Waals surface area contributed by atoms with Crippen LogP contribution in [0.15, 0.2) is 0 Å². The van der Waals surface area contributed by atoms with Crippen molar-refractivity contribution < 1.29 is 9.53 Å². The SMILES string of the molecule is [CH2]C(=O)OC(C)C(C)C. The molecule has 9 heavy (non-hydrogen) atoms. The Bertz CT molecular complexity index is 97.1. The van der Waals surface area contributed by atoms with Crippen LogP contribution in [0.3, 0.4) is 0 Å². The lowest BCUT2D eigenvalue weighted by molar-refractivity contribution is -0.144. The Labute approximate surface area is 56.2 Å². The summed E-state index contributed by atoms with van der Waals surface area (Å²) >= 11 is 0. The Morgan fingerprint density at radius 2 is 1.89 bits per heavy atom. The van der Waals surface area contributed by atoms with Crippen molar-refractivity contribution >= 4 is 5.97 Å². The zero-order chi connectivity index (χ0) is 7.44. The second-order valence-electron chi connectivity index (χ2n) is 2.44. The molecule has 0 saturated carbocycles. The maximum atomic E-state index is 10.2. The van der Waals surface area contributed by atoms with Gasteiger partial charge in [-0.1, -0.05) is 13.8 Å². The number of carbonyl (C=O) groups is 1. The lowest BCUT2D eigenvalue weighted by Gasteiger charge is -2.14. The van der Waals surface area contributed by atoms with E-state index in [1.54, 1.807) is 0 Å².